The summed E-state index contributed by atoms with van der Waals surface area (Å²) in [5, 5.41) is 3.09. The molecule has 3 N–H and O–H groups in total. The van der Waals surface area contributed by atoms with Gasteiger partial charge in [0, 0.05) is 11.8 Å². The van der Waals surface area contributed by atoms with E-state index in [1.807, 2.05) is 0 Å². The Morgan fingerprint density at radius 3 is 2.89 bits per heavy atom. The Balaban J connectivity index is 2.23. The third-order valence-corrected chi connectivity index (χ3v) is 2.84. The molecular weight excluding hydrogens is 266 g/mol. The van der Waals surface area contributed by atoms with Crippen LogP contribution in [0.3, 0.4) is 0 Å². The van der Waals surface area contributed by atoms with Crippen molar-refractivity contribution in [3.63, 3.8) is 0 Å². The van der Waals surface area contributed by atoms with E-state index in [2.05, 4.69) is 10.3 Å². The van der Waals surface area contributed by atoms with E-state index in [1.165, 1.54) is 13.3 Å². The fourth-order valence-electron chi connectivity index (χ4n) is 1.52. The number of amides is 1. The lowest BCUT2D eigenvalue weighted by Gasteiger charge is -2.09. The molecule has 0 aliphatic rings. The number of methoxy groups -OCH3 is 1. The highest BCUT2D eigenvalue weighted by Crippen LogP contribution is 2.24. The topological polar surface area (TPSA) is 77.2 Å². The van der Waals surface area contributed by atoms with Crippen LogP contribution in [-0.4, -0.2) is 18.0 Å². The molecule has 0 spiro atoms. The standard InChI is InChI=1S/C13H12ClN3O2/c1-19-12-6-8(2-3-10(12)15)13(18)17-11-7-16-5-4-9(11)14/h2-7H,15H2,1H3,(H,17,18). The van der Waals surface area contributed by atoms with Gasteiger partial charge in [0.1, 0.15) is 5.75 Å². The van der Waals surface area contributed by atoms with E-state index in [0.717, 1.165) is 0 Å². The number of anilines is 2. The van der Waals surface area contributed by atoms with Crippen LogP contribution < -0.4 is 15.8 Å². The third-order valence-electron chi connectivity index (χ3n) is 2.51. The molecule has 1 aromatic heterocycles. The van der Waals surface area contributed by atoms with E-state index >= 15 is 0 Å². The zero-order valence-corrected chi connectivity index (χ0v) is 10.9. The average molecular weight is 278 g/mol. The van der Waals surface area contributed by atoms with E-state index < -0.39 is 0 Å². The number of rotatable bonds is 3. The summed E-state index contributed by atoms with van der Waals surface area (Å²) in [6.45, 7) is 0. The molecule has 2 rings (SSSR count). The zero-order chi connectivity index (χ0) is 13.8. The first-order valence-corrected chi connectivity index (χ1v) is 5.84. The third kappa shape index (κ3) is 2.95. The second kappa shape index (κ2) is 5.58. The Hall–Kier alpha value is -2.27. The largest absolute Gasteiger partial charge is 0.495 e. The molecule has 1 amide bonds. The minimum absolute atomic E-state index is 0.312. The van der Waals surface area contributed by atoms with Gasteiger partial charge in [0.15, 0.2) is 0 Å². The summed E-state index contributed by atoms with van der Waals surface area (Å²) >= 11 is 5.94. The van der Waals surface area contributed by atoms with Crippen LogP contribution in [0.25, 0.3) is 0 Å². The Morgan fingerprint density at radius 2 is 2.21 bits per heavy atom. The molecule has 0 aliphatic carbocycles. The maximum Gasteiger partial charge on any atom is 0.255 e. The van der Waals surface area contributed by atoms with Gasteiger partial charge in [-0.15, -0.1) is 0 Å². The van der Waals surface area contributed by atoms with Crippen molar-refractivity contribution in [3.8, 4) is 5.75 Å². The quantitative estimate of drug-likeness (QED) is 0.846. The molecule has 5 nitrogen and oxygen atoms in total. The van der Waals surface area contributed by atoms with Gasteiger partial charge in [-0.3, -0.25) is 9.78 Å². The van der Waals surface area contributed by atoms with Crippen LogP contribution in [0.1, 0.15) is 10.4 Å². The lowest BCUT2D eigenvalue weighted by Crippen LogP contribution is -2.12. The molecule has 0 aliphatic heterocycles. The van der Waals surface area contributed by atoms with Gasteiger partial charge in [0.2, 0.25) is 0 Å². The van der Waals surface area contributed by atoms with Crippen LogP contribution in [0.2, 0.25) is 5.02 Å². The summed E-state index contributed by atoms with van der Waals surface area (Å²) in [5.41, 5.74) is 7.03. The van der Waals surface area contributed by atoms with Crippen LogP contribution in [0.5, 0.6) is 5.75 Å². The highest BCUT2D eigenvalue weighted by Gasteiger charge is 2.10. The molecule has 19 heavy (non-hydrogen) atoms. The van der Waals surface area contributed by atoms with E-state index in [-0.39, 0.29) is 5.91 Å². The molecular formula is C13H12ClN3O2. The van der Waals surface area contributed by atoms with E-state index in [0.29, 0.717) is 27.7 Å². The summed E-state index contributed by atoms with van der Waals surface area (Å²) in [5.74, 6) is 0.137. The number of nitrogen functional groups attached to an aromatic ring is 1. The van der Waals surface area contributed by atoms with Crippen molar-refractivity contribution >= 4 is 28.9 Å². The average Bonchev–Trinajstić information content (AvgIpc) is 2.42. The first-order chi connectivity index (χ1) is 9.11. The molecule has 0 fully saturated rings. The number of nitrogens with two attached hydrogens (primary N) is 1. The van der Waals surface area contributed by atoms with Gasteiger partial charge in [0.25, 0.3) is 5.91 Å². The number of aromatic nitrogens is 1. The van der Waals surface area contributed by atoms with E-state index in [9.17, 15) is 4.79 Å². The summed E-state index contributed by atoms with van der Waals surface area (Å²) in [6.07, 6.45) is 3.03. The molecule has 1 aromatic carbocycles. The van der Waals surface area contributed by atoms with Gasteiger partial charge in [-0.2, -0.15) is 0 Å². The molecule has 6 heteroatoms. The van der Waals surface area contributed by atoms with Crippen molar-refractivity contribution in [3.05, 3.63) is 47.2 Å². The smallest absolute Gasteiger partial charge is 0.255 e. The van der Waals surface area contributed by atoms with Gasteiger partial charge in [0.05, 0.1) is 29.7 Å². The Kier molecular flexibility index (Phi) is 3.87. The Labute approximate surface area is 115 Å². The maximum absolute atomic E-state index is 12.1. The molecule has 0 radical (unpaired) electrons. The van der Waals surface area contributed by atoms with Crippen LogP contribution in [0, 0.1) is 0 Å². The first-order valence-electron chi connectivity index (χ1n) is 5.46. The predicted molar refractivity (Wildman–Crippen MR) is 74.6 cm³/mol. The molecule has 98 valence electrons. The maximum atomic E-state index is 12.1. The second-order valence-electron chi connectivity index (χ2n) is 3.77. The second-order valence-corrected chi connectivity index (χ2v) is 4.17. The SMILES string of the molecule is COc1cc(C(=O)Nc2cnccc2Cl)ccc1N. The number of halogens is 1. The minimum atomic E-state index is -0.312. The number of ether oxygens (including phenoxy) is 1. The summed E-state index contributed by atoms with van der Waals surface area (Å²) in [6, 6.07) is 6.38. The number of pyridine rings is 1. The number of nitrogens with one attached hydrogen (secondary N) is 1. The van der Waals surface area contributed by atoms with Crippen molar-refractivity contribution in [1.29, 1.82) is 0 Å². The van der Waals surface area contributed by atoms with Crippen molar-refractivity contribution in [2.45, 2.75) is 0 Å². The number of carbonyl (C=O) groups excluding carboxylic acids is 1. The Bertz CT molecular complexity index is 617. The molecule has 1 heterocycles. The summed E-state index contributed by atoms with van der Waals surface area (Å²) < 4.78 is 5.07. The highest BCUT2D eigenvalue weighted by molar-refractivity contribution is 6.33. The van der Waals surface area contributed by atoms with Gasteiger partial charge in [-0.1, -0.05) is 11.6 Å². The van der Waals surface area contributed by atoms with Crippen LogP contribution in [-0.2, 0) is 0 Å². The molecule has 0 saturated carbocycles. The summed E-state index contributed by atoms with van der Waals surface area (Å²) in [4.78, 5) is 15.9. The van der Waals surface area contributed by atoms with Crippen LogP contribution >= 0.6 is 11.6 Å². The fraction of sp³-hybridized carbons (Fsp3) is 0.0769. The van der Waals surface area contributed by atoms with Crippen LogP contribution in [0.4, 0.5) is 11.4 Å². The lowest BCUT2D eigenvalue weighted by atomic mass is 10.1. The van der Waals surface area contributed by atoms with Gasteiger partial charge < -0.3 is 15.8 Å². The van der Waals surface area contributed by atoms with E-state index in [1.54, 1.807) is 30.5 Å². The molecule has 0 bridgehead atoms. The van der Waals surface area contributed by atoms with E-state index in [4.69, 9.17) is 22.1 Å². The molecule has 0 atom stereocenters. The highest BCUT2D eigenvalue weighted by atomic mass is 35.5. The predicted octanol–water partition coefficient (Wildman–Crippen LogP) is 2.58. The van der Waals surface area contributed by atoms with Gasteiger partial charge >= 0.3 is 0 Å². The number of hydrogen-bond acceptors (Lipinski definition) is 4. The van der Waals surface area contributed by atoms with Crippen LogP contribution in [0.15, 0.2) is 36.7 Å². The number of nitrogens with zero attached hydrogens (tertiary/aromatic N) is 1. The number of carbonyl (C=O) groups is 1. The Morgan fingerprint density at radius 1 is 1.42 bits per heavy atom. The normalized spacial score (nSPS) is 10.0. The van der Waals surface area contributed by atoms with Crippen molar-refractivity contribution in [2.24, 2.45) is 0 Å². The number of benzene rings is 1. The molecule has 0 unspecified atom stereocenters. The zero-order valence-electron chi connectivity index (χ0n) is 10.2. The van der Waals surface area contributed by atoms with Crippen molar-refractivity contribution < 1.29 is 9.53 Å². The molecule has 0 saturated heterocycles. The number of hydrogen-bond donors (Lipinski definition) is 2. The van der Waals surface area contributed by atoms with Crippen molar-refractivity contribution in [2.75, 3.05) is 18.2 Å². The molecule has 2 aromatic rings. The first kappa shape index (κ1) is 13.2. The lowest BCUT2D eigenvalue weighted by molar-refractivity contribution is 0.102. The van der Waals surface area contributed by atoms with Crippen molar-refractivity contribution in [1.82, 2.24) is 4.98 Å². The monoisotopic (exact) mass is 277 g/mol. The fourth-order valence-corrected chi connectivity index (χ4v) is 1.67. The minimum Gasteiger partial charge on any atom is -0.495 e. The van der Waals surface area contributed by atoms with Gasteiger partial charge in [-0.05, 0) is 24.3 Å². The van der Waals surface area contributed by atoms with Gasteiger partial charge in [-0.25, -0.2) is 0 Å². The summed E-state index contributed by atoms with van der Waals surface area (Å²) in [7, 11) is 1.49.